The van der Waals surface area contributed by atoms with Crippen molar-refractivity contribution >= 4 is 60.7 Å². The molecule has 0 fully saturated rings. The third-order valence-electron chi connectivity index (χ3n) is 8.49. The van der Waals surface area contributed by atoms with Crippen LogP contribution in [-0.4, -0.2) is 111 Å². The monoisotopic (exact) mass is 942 g/mol. The summed E-state index contributed by atoms with van der Waals surface area (Å²) in [5.74, 6) is -0.707. The van der Waals surface area contributed by atoms with Gasteiger partial charge in [-0.05, 0) is 54.4 Å². The molecule has 0 amide bonds. The third-order valence-corrected chi connectivity index (χ3v) is 12.4. The fourth-order valence-corrected chi connectivity index (χ4v) is 9.11. The van der Waals surface area contributed by atoms with Gasteiger partial charge in [-0.3, -0.25) is 14.2 Å². The number of esters is 2. The first-order valence-corrected chi connectivity index (χ1v) is 23.8. The van der Waals surface area contributed by atoms with Crippen molar-refractivity contribution in [3.05, 3.63) is 25.3 Å². The van der Waals surface area contributed by atoms with Gasteiger partial charge in [-0.2, -0.15) is 21.0 Å². The number of nitriles is 4. The van der Waals surface area contributed by atoms with Crippen LogP contribution in [0, 0.1) is 45.3 Å². The van der Waals surface area contributed by atoms with Crippen molar-refractivity contribution in [1.29, 1.82) is 21.0 Å². The maximum atomic E-state index is 13.6. The van der Waals surface area contributed by atoms with Crippen LogP contribution in [0.15, 0.2) is 25.3 Å². The molecular weight excluding hydrogens is 886 g/mol. The number of nitrogens with one attached hydrogen (secondary N) is 2. The van der Waals surface area contributed by atoms with Gasteiger partial charge >= 0.3 is 11.9 Å². The summed E-state index contributed by atoms with van der Waals surface area (Å²) in [7, 11) is -7.75. The number of nitrogen functional groups attached to an aromatic ring is 2. The second kappa shape index (κ2) is 25.4. The van der Waals surface area contributed by atoms with Gasteiger partial charge in [0.2, 0.25) is 7.29 Å². The lowest BCUT2D eigenvalue weighted by atomic mass is 10.1. The smallest absolute Gasteiger partial charge is 0.326 e. The van der Waals surface area contributed by atoms with Crippen molar-refractivity contribution in [3.8, 4) is 24.3 Å². The molecule has 7 N–H and O–H groups in total. The number of carbonyl (C=O) groups excluding carboxylic acids is 2. The number of nitrogens with zero attached hydrogens (tertiary/aromatic N) is 12. The molecule has 4 heterocycles. The van der Waals surface area contributed by atoms with Crippen LogP contribution < -0.4 is 21.6 Å². The molecule has 0 aliphatic rings. The van der Waals surface area contributed by atoms with Gasteiger partial charge in [0.15, 0.2) is 28.6 Å². The Hall–Kier alpha value is -6.14. The van der Waals surface area contributed by atoms with E-state index in [2.05, 4.69) is 40.1 Å². The average Bonchev–Trinajstić information content (AvgIpc) is 3.86. The Morgan fingerprint density at radius 2 is 1.15 bits per heavy atom. The number of hydrogen-bond acceptors (Lipinski definition) is 20. The van der Waals surface area contributed by atoms with Gasteiger partial charge in [0.05, 0.1) is 75.4 Å². The Balaban J connectivity index is 0.000000407. The molecule has 4 aromatic rings. The summed E-state index contributed by atoms with van der Waals surface area (Å²) in [5.41, 5.74) is 9.33. The summed E-state index contributed by atoms with van der Waals surface area (Å²) in [4.78, 5) is 58.9. The van der Waals surface area contributed by atoms with E-state index in [1.165, 1.54) is 46.7 Å². The molecule has 0 aromatic carbocycles. The summed E-state index contributed by atoms with van der Waals surface area (Å²) in [6.07, 6.45) is 5.22. The maximum Gasteiger partial charge on any atom is 0.326 e. The molecule has 4 aromatic heterocycles. The summed E-state index contributed by atoms with van der Waals surface area (Å²) < 4.78 is 50.9. The molecule has 0 aliphatic carbocycles. The largest absolute Gasteiger partial charge is 0.464 e. The number of hydrogen-bond donors (Lipinski definition) is 5. The number of nitrogens with two attached hydrogens (primary N) is 2. The van der Waals surface area contributed by atoms with Gasteiger partial charge in [0, 0.05) is 0 Å². The summed E-state index contributed by atoms with van der Waals surface area (Å²) in [5, 5.41) is 39.0. The molecule has 25 nitrogen and oxygen atoms in total. The first-order chi connectivity index (χ1) is 30.5. The summed E-state index contributed by atoms with van der Waals surface area (Å²) in [6, 6.07) is 6.78. The molecular formula is C38H56N16O9P2. The first kappa shape index (κ1) is 55.0. The second-order valence-corrected chi connectivity index (χ2v) is 19.7. The van der Waals surface area contributed by atoms with Crippen LogP contribution in [0.1, 0.15) is 74.7 Å². The molecule has 352 valence electrons. The molecule has 4 rings (SSSR count). The average molecular weight is 943 g/mol. The van der Waals surface area contributed by atoms with Crippen molar-refractivity contribution in [3.63, 3.8) is 0 Å². The van der Waals surface area contributed by atoms with Crippen molar-refractivity contribution in [2.45, 2.75) is 117 Å². The Labute approximate surface area is 376 Å². The van der Waals surface area contributed by atoms with Crippen LogP contribution in [0.4, 0.5) is 11.6 Å². The highest BCUT2D eigenvalue weighted by molar-refractivity contribution is 7.63. The lowest BCUT2D eigenvalue weighted by molar-refractivity contribution is -0.150. The molecule has 27 heteroatoms. The lowest BCUT2D eigenvalue weighted by Crippen LogP contribution is -2.48. The third kappa shape index (κ3) is 16.7. The molecule has 0 saturated carbocycles. The molecule has 0 spiro atoms. The predicted molar refractivity (Wildman–Crippen MR) is 236 cm³/mol. The molecule has 0 saturated heterocycles. The number of ether oxygens (including phenoxy) is 4. The minimum Gasteiger partial charge on any atom is -0.464 e. The standard InChI is InChI=1S/C19H27N8O4P.C16H27N6O5P.C3H2N2/c1-5-6-30-18(28)19(3,4)26-32(29,14(7-20)8-21)12-31-13(2)9-27-11-25-15-16(22)23-10-24-17(15)27;1-5-6-26-15(23)16(3,4)21-28(24,25)10-27-11(2)7-22-9-20-12-13(17)18-8-19-14(12)22;4-2-1-3-5/h10-11,13-14H,5-6,9,12H2,1-4H3,(H,26,29)(H2,22,23,24);8-9,11H,5-7,10H2,1-4H3,(H2,17,18,19)(H2,21,24,25);1H2/t13-,32?;11-;/m11./s1. The van der Waals surface area contributed by atoms with Gasteiger partial charge in [0.25, 0.3) is 7.52 Å². The number of aromatic nitrogens is 8. The van der Waals surface area contributed by atoms with Crippen molar-refractivity contribution in [2.75, 3.05) is 37.4 Å². The van der Waals surface area contributed by atoms with E-state index in [1.807, 2.05) is 13.8 Å². The van der Waals surface area contributed by atoms with Crippen LogP contribution in [0.3, 0.4) is 0 Å². The zero-order valence-electron chi connectivity index (χ0n) is 37.5. The Morgan fingerprint density at radius 1 is 0.738 bits per heavy atom. The zero-order valence-corrected chi connectivity index (χ0v) is 39.3. The van der Waals surface area contributed by atoms with E-state index in [1.54, 1.807) is 53.6 Å². The van der Waals surface area contributed by atoms with Crippen molar-refractivity contribution in [2.24, 2.45) is 0 Å². The number of imidazole rings is 2. The first-order valence-electron chi connectivity index (χ1n) is 20.0. The zero-order chi connectivity index (χ0) is 49.0. The van der Waals surface area contributed by atoms with Crippen LogP contribution in [0.25, 0.3) is 22.3 Å². The molecule has 2 unspecified atom stereocenters. The fourth-order valence-electron chi connectivity index (χ4n) is 5.40. The van der Waals surface area contributed by atoms with Crippen LogP contribution in [-0.2, 0) is 50.8 Å². The topological polar surface area (TPSA) is 384 Å². The Morgan fingerprint density at radius 3 is 1.54 bits per heavy atom. The Kier molecular flexibility index (Phi) is 21.5. The van der Waals surface area contributed by atoms with E-state index in [-0.39, 0.29) is 31.3 Å². The fraction of sp³-hybridized carbons (Fsp3) is 0.579. The molecule has 65 heavy (non-hydrogen) atoms. The number of carbonyl (C=O) groups is 2. The quantitative estimate of drug-likeness (QED) is 0.0589. The van der Waals surface area contributed by atoms with Gasteiger partial charge in [-0.15, -0.1) is 0 Å². The van der Waals surface area contributed by atoms with Crippen LogP contribution in [0.2, 0.25) is 0 Å². The molecule has 4 atom stereocenters. The predicted octanol–water partition coefficient (Wildman–Crippen LogP) is 3.49. The van der Waals surface area contributed by atoms with Crippen LogP contribution in [0.5, 0.6) is 0 Å². The number of rotatable bonds is 21. The van der Waals surface area contributed by atoms with E-state index in [9.17, 15) is 34.1 Å². The highest BCUT2D eigenvalue weighted by Crippen LogP contribution is 2.48. The Bertz CT molecular complexity index is 2460. The van der Waals surface area contributed by atoms with E-state index >= 15 is 0 Å². The van der Waals surface area contributed by atoms with Gasteiger partial charge in [-0.1, -0.05) is 13.8 Å². The normalized spacial score (nSPS) is 14.1. The molecule has 0 radical (unpaired) electrons. The highest BCUT2D eigenvalue weighted by atomic mass is 31.2. The van der Waals surface area contributed by atoms with Gasteiger partial charge in [0.1, 0.15) is 53.9 Å². The van der Waals surface area contributed by atoms with E-state index in [0.29, 0.717) is 48.3 Å². The van der Waals surface area contributed by atoms with Gasteiger partial charge < -0.3 is 49.0 Å². The number of fused-ring (bicyclic) bond motifs is 2. The van der Waals surface area contributed by atoms with Crippen molar-refractivity contribution < 1.29 is 42.6 Å². The summed E-state index contributed by atoms with van der Waals surface area (Å²) >= 11 is 0. The summed E-state index contributed by atoms with van der Waals surface area (Å²) in [6.45, 7) is 14.2. The molecule has 0 bridgehead atoms. The minimum absolute atomic E-state index is 0. The highest BCUT2D eigenvalue weighted by Gasteiger charge is 2.43. The number of anilines is 2. The van der Waals surface area contributed by atoms with Crippen molar-refractivity contribution in [1.82, 2.24) is 49.2 Å². The van der Waals surface area contributed by atoms with Crippen LogP contribution >= 0.6 is 14.8 Å². The van der Waals surface area contributed by atoms with Gasteiger partial charge in [-0.25, -0.2) is 40.1 Å². The minimum atomic E-state index is -3.94. The molecule has 0 aliphatic heterocycles. The van der Waals surface area contributed by atoms with E-state index in [4.69, 9.17) is 40.9 Å². The maximum absolute atomic E-state index is 13.6. The second-order valence-electron chi connectivity index (χ2n) is 15.3. The lowest BCUT2D eigenvalue weighted by Gasteiger charge is -2.31. The van der Waals surface area contributed by atoms with E-state index in [0.717, 1.165) is 0 Å². The van der Waals surface area contributed by atoms with E-state index < -0.39 is 68.4 Å². The SMILES string of the molecule is CCCOC(=O)C(C)(C)NP(=O)(CO[C@H](C)Cn1cnc2c(N)ncnc21)C(C#N)C#N.CCCOC(=O)C(C)(C)NP(=O)(O)CO[C@H](C)Cn1cnc2c(N)ncnc21.N#CCC#N.